The molecule has 4 nitrogen and oxygen atoms in total. The molecule has 2 fully saturated rings. The van der Waals surface area contributed by atoms with Crippen LogP contribution in [0.15, 0.2) is 0 Å². The van der Waals surface area contributed by atoms with Gasteiger partial charge in [-0.05, 0) is 38.0 Å². The summed E-state index contributed by atoms with van der Waals surface area (Å²) in [7, 11) is 1.64. The minimum atomic E-state index is 0.00590. The topological polar surface area (TPSA) is 58.6 Å². The second-order valence-electron chi connectivity index (χ2n) is 5.25. The lowest BCUT2D eigenvalue weighted by molar-refractivity contribution is -0.124. The van der Waals surface area contributed by atoms with Crippen LogP contribution in [-0.2, 0) is 9.53 Å². The minimum Gasteiger partial charge on any atom is -0.396 e. The van der Waals surface area contributed by atoms with E-state index in [1.54, 1.807) is 7.11 Å². The average Bonchev–Trinajstić information content (AvgIpc) is 2.57. The summed E-state index contributed by atoms with van der Waals surface area (Å²) in [5.74, 6) is 0.601. The third kappa shape index (κ3) is 2.23. The number of hydrogen-bond acceptors (Lipinski definition) is 3. The first-order chi connectivity index (χ1) is 7.69. The Balaban J connectivity index is 1.94. The van der Waals surface area contributed by atoms with Gasteiger partial charge in [-0.3, -0.25) is 4.79 Å². The number of hydrogen-bond donors (Lipinski definition) is 2. The second kappa shape index (κ2) is 4.72. The largest absolute Gasteiger partial charge is 0.396 e. The van der Waals surface area contributed by atoms with Crippen LogP contribution >= 0.6 is 0 Å². The van der Waals surface area contributed by atoms with Crippen molar-refractivity contribution in [3.05, 3.63) is 0 Å². The Labute approximate surface area is 96.4 Å². The van der Waals surface area contributed by atoms with E-state index in [4.69, 9.17) is 9.84 Å². The summed E-state index contributed by atoms with van der Waals surface area (Å²) in [6.07, 6.45) is 4.96. The van der Waals surface area contributed by atoms with Crippen LogP contribution < -0.4 is 5.32 Å². The van der Waals surface area contributed by atoms with E-state index in [2.05, 4.69) is 5.32 Å². The molecule has 2 aliphatic rings. The lowest BCUT2D eigenvalue weighted by Crippen LogP contribution is -2.44. The van der Waals surface area contributed by atoms with E-state index >= 15 is 0 Å². The molecule has 1 aliphatic carbocycles. The van der Waals surface area contributed by atoms with Gasteiger partial charge in [-0.1, -0.05) is 0 Å². The van der Waals surface area contributed by atoms with Crippen LogP contribution in [0.1, 0.15) is 32.1 Å². The summed E-state index contributed by atoms with van der Waals surface area (Å²) in [4.78, 5) is 11.7. The molecule has 2 rings (SSSR count). The molecule has 0 bridgehead atoms. The van der Waals surface area contributed by atoms with E-state index in [0.717, 1.165) is 32.1 Å². The number of rotatable bonds is 3. The van der Waals surface area contributed by atoms with Crippen molar-refractivity contribution in [3.63, 3.8) is 0 Å². The van der Waals surface area contributed by atoms with E-state index in [-0.39, 0.29) is 24.0 Å². The molecular weight excluding hydrogens is 206 g/mol. The highest BCUT2D eigenvalue weighted by Crippen LogP contribution is 2.39. The maximum Gasteiger partial charge on any atom is 0.225 e. The number of nitrogens with one attached hydrogen (secondary N) is 1. The van der Waals surface area contributed by atoms with Crippen molar-refractivity contribution in [1.29, 1.82) is 0 Å². The molecule has 1 amide bonds. The second-order valence-corrected chi connectivity index (χ2v) is 5.25. The number of ether oxygens (including phenoxy) is 1. The molecule has 92 valence electrons. The Bertz CT molecular complexity index is 259. The molecule has 1 aliphatic heterocycles. The molecule has 1 heterocycles. The number of aliphatic hydroxyl groups is 1. The highest BCUT2D eigenvalue weighted by Gasteiger charge is 2.45. The third-order valence-corrected chi connectivity index (χ3v) is 4.08. The molecule has 0 aromatic rings. The standard InChI is InChI=1S/C12H21NO3/c1-16-8-10-6-12(13-11(10)15)4-2-9(7-14)3-5-12/h9-10,14H,2-8H2,1H3,(H,13,15)/t9-,10-,12-/m0/s1. The van der Waals surface area contributed by atoms with Crippen molar-refractivity contribution in [3.8, 4) is 0 Å². The molecule has 1 saturated heterocycles. The molecular formula is C12H21NO3. The first kappa shape index (κ1) is 11.9. The number of carbonyl (C=O) groups is 1. The maximum atomic E-state index is 11.7. The maximum absolute atomic E-state index is 11.7. The van der Waals surface area contributed by atoms with Crippen LogP contribution in [-0.4, -0.2) is 36.9 Å². The van der Waals surface area contributed by atoms with Gasteiger partial charge < -0.3 is 15.2 Å². The fourth-order valence-electron chi connectivity index (χ4n) is 3.06. The predicted octanol–water partition coefficient (Wildman–Crippen LogP) is 0.690. The van der Waals surface area contributed by atoms with Crippen molar-refractivity contribution in [1.82, 2.24) is 5.32 Å². The smallest absolute Gasteiger partial charge is 0.225 e. The first-order valence-electron chi connectivity index (χ1n) is 6.11. The average molecular weight is 227 g/mol. The zero-order valence-electron chi connectivity index (χ0n) is 9.87. The molecule has 0 unspecified atom stereocenters. The van der Waals surface area contributed by atoms with E-state index in [0.29, 0.717) is 12.5 Å². The fraction of sp³-hybridized carbons (Fsp3) is 0.917. The summed E-state index contributed by atoms with van der Waals surface area (Å²) in [5, 5.41) is 12.3. The molecule has 0 aromatic carbocycles. The van der Waals surface area contributed by atoms with Gasteiger partial charge in [0.1, 0.15) is 0 Å². The first-order valence-corrected chi connectivity index (χ1v) is 6.11. The van der Waals surface area contributed by atoms with Crippen LogP contribution in [0.5, 0.6) is 0 Å². The molecule has 1 atom stereocenters. The monoisotopic (exact) mass is 227 g/mol. The van der Waals surface area contributed by atoms with Gasteiger partial charge in [0, 0.05) is 19.3 Å². The molecule has 16 heavy (non-hydrogen) atoms. The number of methoxy groups -OCH3 is 1. The normalized spacial score (nSPS) is 39.0. The van der Waals surface area contributed by atoms with Crippen molar-refractivity contribution in [2.75, 3.05) is 20.3 Å². The zero-order chi connectivity index (χ0) is 11.6. The molecule has 0 radical (unpaired) electrons. The van der Waals surface area contributed by atoms with Gasteiger partial charge in [0.05, 0.1) is 12.5 Å². The van der Waals surface area contributed by atoms with Crippen molar-refractivity contribution in [2.24, 2.45) is 11.8 Å². The minimum absolute atomic E-state index is 0.00590. The summed E-state index contributed by atoms with van der Waals surface area (Å²) in [6.45, 7) is 0.808. The van der Waals surface area contributed by atoms with Crippen LogP contribution in [0.3, 0.4) is 0 Å². The molecule has 0 aromatic heterocycles. The van der Waals surface area contributed by atoms with Gasteiger partial charge in [-0.15, -0.1) is 0 Å². The lowest BCUT2D eigenvalue weighted by Gasteiger charge is -2.36. The molecule has 2 N–H and O–H groups in total. The van der Waals surface area contributed by atoms with E-state index in [1.165, 1.54) is 0 Å². The van der Waals surface area contributed by atoms with E-state index in [1.807, 2.05) is 0 Å². The Hall–Kier alpha value is -0.610. The van der Waals surface area contributed by atoms with Gasteiger partial charge in [0.15, 0.2) is 0 Å². The summed E-state index contributed by atoms with van der Waals surface area (Å²) in [6, 6.07) is 0. The quantitative estimate of drug-likeness (QED) is 0.746. The number of aliphatic hydroxyl groups excluding tert-OH is 1. The van der Waals surface area contributed by atoms with Crippen molar-refractivity contribution in [2.45, 2.75) is 37.6 Å². The predicted molar refractivity (Wildman–Crippen MR) is 59.9 cm³/mol. The van der Waals surface area contributed by atoms with Gasteiger partial charge in [0.2, 0.25) is 5.91 Å². The Kier molecular flexibility index (Phi) is 3.50. The fourth-order valence-corrected chi connectivity index (χ4v) is 3.06. The van der Waals surface area contributed by atoms with Gasteiger partial charge >= 0.3 is 0 Å². The van der Waals surface area contributed by atoms with Gasteiger partial charge in [-0.25, -0.2) is 0 Å². The van der Waals surface area contributed by atoms with Crippen LogP contribution in [0.2, 0.25) is 0 Å². The van der Waals surface area contributed by atoms with Gasteiger partial charge in [-0.2, -0.15) is 0 Å². The third-order valence-electron chi connectivity index (χ3n) is 4.08. The van der Waals surface area contributed by atoms with Crippen molar-refractivity contribution >= 4 is 5.91 Å². The lowest BCUT2D eigenvalue weighted by atomic mass is 9.75. The number of amides is 1. The summed E-state index contributed by atoms with van der Waals surface area (Å²) in [5.41, 5.74) is 0.00590. The van der Waals surface area contributed by atoms with Crippen LogP contribution in [0, 0.1) is 11.8 Å². The van der Waals surface area contributed by atoms with E-state index < -0.39 is 0 Å². The van der Waals surface area contributed by atoms with Crippen molar-refractivity contribution < 1.29 is 14.6 Å². The Morgan fingerprint density at radius 1 is 1.50 bits per heavy atom. The summed E-state index contributed by atoms with van der Waals surface area (Å²) < 4.78 is 5.07. The molecule has 1 saturated carbocycles. The van der Waals surface area contributed by atoms with Gasteiger partial charge in [0.25, 0.3) is 0 Å². The van der Waals surface area contributed by atoms with Crippen LogP contribution in [0.25, 0.3) is 0 Å². The SMILES string of the molecule is COC[C@@H]1C[C@]2(CC[C@@H](CO)CC2)NC1=O. The van der Waals surface area contributed by atoms with E-state index in [9.17, 15) is 4.79 Å². The van der Waals surface area contributed by atoms with Crippen LogP contribution in [0.4, 0.5) is 0 Å². The highest BCUT2D eigenvalue weighted by molar-refractivity contribution is 5.82. The highest BCUT2D eigenvalue weighted by atomic mass is 16.5. The molecule has 4 heteroatoms. The Morgan fingerprint density at radius 2 is 2.19 bits per heavy atom. The zero-order valence-corrected chi connectivity index (χ0v) is 9.87. The summed E-state index contributed by atoms with van der Waals surface area (Å²) >= 11 is 0. The Morgan fingerprint density at radius 3 is 2.75 bits per heavy atom. The number of carbonyl (C=O) groups excluding carboxylic acids is 1. The molecule has 1 spiro atoms.